The molecule has 1 heterocycles. The van der Waals surface area contributed by atoms with Gasteiger partial charge < -0.3 is 10.1 Å². The van der Waals surface area contributed by atoms with Crippen molar-refractivity contribution >= 4 is 27.3 Å². The Labute approximate surface area is 214 Å². The minimum atomic E-state index is -3.79. The smallest absolute Gasteiger partial charge is 0.236 e. The molecule has 1 aromatic heterocycles. The quantitative estimate of drug-likeness (QED) is 0.459. The fourth-order valence-electron chi connectivity index (χ4n) is 4.23. The van der Waals surface area contributed by atoms with E-state index in [9.17, 15) is 18.5 Å². The van der Waals surface area contributed by atoms with E-state index in [2.05, 4.69) is 26.3 Å². The van der Waals surface area contributed by atoms with E-state index in [1.54, 1.807) is 12.1 Å². The van der Waals surface area contributed by atoms with E-state index in [4.69, 9.17) is 4.74 Å². The van der Waals surface area contributed by atoms with Crippen molar-refractivity contribution in [1.29, 1.82) is 5.26 Å². The van der Waals surface area contributed by atoms with Gasteiger partial charge in [-0.3, -0.25) is 4.79 Å². The topological polar surface area (TPSA) is 134 Å². The first kappa shape index (κ1) is 25.8. The molecule has 0 spiro atoms. The van der Waals surface area contributed by atoms with Gasteiger partial charge in [-0.2, -0.15) is 5.26 Å². The van der Waals surface area contributed by atoms with Gasteiger partial charge in [0.2, 0.25) is 15.9 Å². The molecule has 0 bridgehead atoms. The number of amides is 1. The predicted octanol–water partition coefficient (Wildman–Crippen LogP) is 3.57. The minimum absolute atomic E-state index is 0.0440. The van der Waals surface area contributed by atoms with Crippen LogP contribution in [0.4, 0.5) is 0 Å². The third-order valence-corrected chi connectivity index (χ3v) is 8.09. The van der Waals surface area contributed by atoms with Gasteiger partial charge in [-0.15, -0.1) is 10.2 Å². The van der Waals surface area contributed by atoms with Gasteiger partial charge in [0.25, 0.3) is 0 Å². The summed E-state index contributed by atoms with van der Waals surface area (Å²) in [6.45, 7) is 3.81. The molecule has 2 aromatic carbocycles. The zero-order valence-electron chi connectivity index (χ0n) is 20.2. The number of benzene rings is 2. The molecule has 2 N–H and O–H groups in total. The van der Waals surface area contributed by atoms with Crippen molar-refractivity contribution in [2.24, 2.45) is 0 Å². The SMILES string of the molecule is CNC(=O)CS(=O)(=O)NC1CCCc2c(-c3nnc(-c4ccc(OC(C)C)c(C#N)c4)s3)cccc21. The summed E-state index contributed by atoms with van der Waals surface area (Å²) in [5.74, 6) is -0.638. The minimum Gasteiger partial charge on any atom is -0.490 e. The van der Waals surface area contributed by atoms with Crippen molar-refractivity contribution < 1.29 is 17.9 Å². The Morgan fingerprint density at radius 3 is 2.75 bits per heavy atom. The van der Waals surface area contributed by atoms with Crippen LogP contribution in [0.15, 0.2) is 36.4 Å². The van der Waals surface area contributed by atoms with Gasteiger partial charge in [-0.05, 0) is 62.4 Å². The average molecular weight is 526 g/mol. The summed E-state index contributed by atoms with van der Waals surface area (Å²) in [6, 6.07) is 12.9. The van der Waals surface area contributed by atoms with E-state index in [-0.39, 0.29) is 6.10 Å². The Morgan fingerprint density at radius 2 is 2.03 bits per heavy atom. The molecule has 36 heavy (non-hydrogen) atoms. The second-order valence-corrected chi connectivity index (χ2v) is 11.5. The van der Waals surface area contributed by atoms with Crippen molar-refractivity contribution in [2.45, 2.75) is 45.3 Å². The molecule has 188 valence electrons. The number of nitriles is 1. The highest BCUT2D eigenvalue weighted by Crippen LogP contribution is 2.39. The monoisotopic (exact) mass is 525 g/mol. The standard InChI is InChI=1S/C25H27N5O4S2/c1-15(2)34-22-11-10-16(12-17(22)13-26)24-28-29-25(35-24)20-8-4-7-19-18(20)6-5-9-21(19)30-36(32,33)14-23(31)27-3/h4,7-8,10-12,15,21,30H,5-6,9,14H2,1-3H3,(H,27,31). The van der Waals surface area contributed by atoms with E-state index in [0.29, 0.717) is 22.7 Å². The molecular weight excluding hydrogens is 498 g/mol. The molecule has 1 aliphatic carbocycles. The van der Waals surface area contributed by atoms with Crippen LogP contribution in [0.2, 0.25) is 0 Å². The molecule has 1 amide bonds. The van der Waals surface area contributed by atoms with Crippen LogP contribution in [0.5, 0.6) is 5.75 Å². The van der Waals surface area contributed by atoms with Gasteiger partial charge in [-0.1, -0.05) is 29.5 Å². The number of aromatic nitrogens is 2. The van der Waals surface area contributed by atoms with Crippen molar-refractivity contribution in [1.82, 2.24) is 20.2 Å². The van der Waals surface area contributed by atoms with Gasteiger partial charge in [-0.25, -0.2) is 13.1 Å². The molecule has 0 saturated carbocycles. The number of carbonyl (C=O) groups is 1. The highest BCUT2D eigenvalue weighted by Gasteiger charge is 2.28. The highest BCUT2D eigenvalue weighted by molar-refractivity contribution is 7.90. The maximum atomic E-state index is 12.5. The van der Waals surface area contributed by atoms with Crippen LogP contribution in [0, 0.1) is 11.3 Å². The van der Waals surface area contributed by atoms with Gasteiger partial charge in [0.15, 0.2) is 0 Å². The third-order valence-electron chi connectivity index (χ3n) is 5.79. The number of ether oxygens (including phenoxy) is 1. The Hall–Kier alpha value is -3.33. The number of fused-ring (bicyclic) bond motifs is 1. The van der Waals surface area contributed by atoms with Crippen LogP contribution in [0.25, 0.3) is 21.1 Å². The maximum Gasteiger partial charge on any atom is 0.236 e. The number of carbonyl (C=O) groups excluding carboxylic acids is 1. The summed E-state index contributed by atoms with van der Waals surface area (Å²) in [4.78, 5) is 11.6. The first-order valence-corrected chi connectivity index (χ1v) is 14.0. The third kappa shape index (κ3) is 5.73. The van der Waals surface area contributed by atoms with Gasteiger partial charge >= 0.3 is 0 Å². The normalized spacial score (nSPS) is 15.2. The molecule has 3 aromatic rings. The molecule has 0 radical (unpaired) electrons. The molecule has 0 aliphatic heterocycles. The van der Waals surface area contributed by atoms with E-state index in [1.807, 2.05) is 38.1 Å². The molecule has 9 nitrogen and oxygen atoms in total. The summed E-state index contributed by atoms with van der Waals surface area (Å²) in [5.41, 5.74) is 4.03. The van der Waals surface area contributed by atoms with E-state index < -0.39 is 27.7 Å². The second kappa shape index (κ2) is 10.7. The average Bonchev–Trinajstić information content (AvgIpc) is 3.33. The van der Waals surface area contributed by atoms with Gasteiger partial charge in [0, 0.05) is 24.2 Å². The van der Waals surface area contributed by atoms with Crippen LogP contribution >= 0.6 is 11.3 Å². The number of rotatable bonds is 8. The summed E-state index contributed by atoms with van der Waals surface area (Å²) in [6.07, 6.45) is 2.18. The first-order valence-electron chi connectivity index (χ1n) is 11.6. The molecule has 0 saturated heterocycles. The lowest BCUT2D eigenvalue weighted by Crippen LogP contribution is -2.37. The van der Waals surface area contributed by atoms with Crippen molar-refractivity contribution in [3.05, 3.63) is 53.1 Å². The van der Waals surface area contributed by atoms with Crippen LogP contribution in [0.3, 0.4) is 0 Å². The number of hydrogen-bond donors (Lipinski definition) is 2. The Kier molecular flexibility index (Phi) is 7.68. The van der Waals surface area contributed by atoms with Gasteiger partial charge in [0.05, 0.1) is 11.7 Å². The lowest BCUT2D eigenvalue weighted by Gasteiger charge is -2.27. The van der Waals surface area contributed by atoms with Gasteiger partial charge in [0.1, 0.15) is 27.6 Å². The molecule has 1 atom stereocenters. The van der Waals surface area contributed by atoms with Crippen LogP contribution < -0.4 is 14.8 Å². The molecule has 11 heteroatoms. The number of sulfonamides is 1. The van der Waals surface area contributed by atoms with E-state index in [1.165, 1.54) is 18.4 Å². The van der Waals surface area contributed by atoms with Crippen molar-refractivity contribution in [2.75, 3.05) is 12.8 Å². The Balaban J connectivity index is 1.63. The number of nitrogens with one attached hydrogen (secondary N) is 2. The molecule has 0 fully saturated rings. The summed E-state index contributed by atoms with van der Waals surface area (Å²) < 4.78 is 33.4. The van der Waals surface area contributed by atoms with Crippen molar-refractivity contribution in [3.63, 3.8) is 0 Å². The maximum absolute atomic E-state index is 12.5. The van der Waals surface area contributed by atoms with Crippen LogP contribution in [-0.2, 0) is 21.2 Å². The van der Waals surface area contributed by atoms with E-state index in [0.717, 1.165) is 40.1 Å². The Bertz CT molecular complexity index is 1430. The fraction of sp³-hybridized carbons (Fsp3) is 0.360. The summed E-state index contributed by atoms with van der Waals surface area (Å²) in [5, 5.41) is 22.1. The zero-order chi connectivity index (χ0) is 25.9. The lowest BCUT2D eigenvalue weighted by atomic mass is 9.85. The number of hydrogen-bond acceptors (Lipinski definition) is 8. The number of nitrogens with zero attached hydrogens (tertiary/aromatic N) is 3. The first-order chi connectivity index (χ1) is 17.2. The highest BCUT2D eigenvalue weighted by atomic mass is 32.2. The second-order valence-electron chi connectivity index (χ2n) is 8.77. The summed E-state index contributed by atoms with van der Waals surface area (Å²) in [7, 11) is -2.38. The van der Waals surface area contributed by atoms with Crippen LogP contribution in [-0.4, -0.2) is 43.4 Å². The lowest BCUT2D eigenvalue weighted by molar-refractivity contribution is -0.118. The zero-order valence-corrected chi connectivity index (χ0v) is 21.9. The molecule has 1 unspecified atom stereocenters. The largest absolute Gasteiger partial charge is 0.490 e. The molecule has 4 rings (SSSR count). The molecule has 1 aliphatic rings. The fourth-order valence-corrected chi connectivity index (χ4v) is 6.37. The predicted molar refractivity (Wildman–Crippen MR) is 138 cm³/mol. The van der Waals surface area contributed by atoms with Crippen LogP contribution in [0.1, 0.15) is 49.4 Å². The molecular formula is C25H27N5O4S2. The Morgan fingerprint density at radius 1 is 1.25 bits per heavy atom. The van der Waals surface area contributed by atoms with E-state index >= 15 is 0 Å². The summed E-state index contributed by atoms with van der Waals surface area (Å²) >= 11 is 1.41. The van der Waals surface area contributed by atoms with Crippen molar-refractivity contribution in [3.8, 4) is 33.0 Å².